The third-order valence-electron chi connectivity index (χ3n) is 2.45. The van der Waals surface area contributed by atoms with Gasteiger partial charge in [0.05, 0.1) is 10.2 Å². The highest BCUT2D eigenvalue weighted by Crippen LogP contribution is 2.29. The minimum absolute atomic E-state index is 0.686. The molecule has 0 aliphatic carbocycles. The number of fused-ring (bicyclic) bond motifs is 1. The van der Waals surface area contributed by atoms with Crippen molar-refractivity contribution in [1.82, 2.24) is 4.57 Å². The van der Waals surface area contributed by atoms with E-state index in [0.717, 1.165) is 21.7 Å². The maximum Gasteiger partial charge on any atom is 0.167 e. The molecule has 1 aromatic heterocycles. The van der Waals surface area contributed by atoms with Crippen LogP contribution in [0, 0.1) is 6.92 Å². The van der Waals surface area contributed by atoms with Crippen LogP contribution in [0.2, 0.25) is 0 Å². The quantitative estimate of drug-likeness (QED) is 0.715. The van der Waals surface area contributed by atoms with Crippen LogP contribution in [0.4, 0.5) is 0 Å². The Morgan fingerprint density at radius 2 is 2.14 bits per heavy atom. The van der Waals surface area contributed by atoms with E-state index in [1.54, 1.807) is 0 Å². The third-order valence-corrected chi connectivity index (χ3v) is 3.28. The number of aryl methyl sites for hydroxylation is 2. The van der Waals surface area contributed by atoms with E-state index < -0.39 is 0 Å². The zero-order valence-corrected chi connectivity index (χ0v) is 9.63. The summed E-state index contributed by atoms with van der Waals surface area (Å²) in [6.45, 7) is 2.04. The molecule has 72 valence electrons. The number of nitrogens with zero attached hydrogens (tertiary/aromatic N) is 1. The van der Waals surface area contributed by atoms with E-state index in [9.17, 15) is 4.79 Å². The highest BCUT2D eigenvalue weighted by atomic mass is 79.9. The first-order valence-corrected chi connectivity index (χ1v) is 5.14. The van der Waals surface area contributed by atoms with Gasteiger partial charge in [-0.2, -0.15) is 0 Å². The van der Waals surface area contributed by atoms with Gasteiger partial charge < -0.3 is 4.57 Å². The number of carbonyl (C=O) groups excluding carboxylic acids is 1. The molecule has 2 rings (SSSR count). The molecule has 0 atom stereocenters. The van der Waals surface area contributed by atoms with Gasteiger partial charge in [-0.25, -0.2) is 0 Å². The first-order valence-electron chi connectivity index (χ1n) is 4.35. The Morgan fingerprint density at radius 1 is 1.43 bits per heavy atom. The molecule has 0 aliphatic rings. The minimum atomic E-state index is 0.686. The molecule has 1 aromatic carbocycles. The Balaban J connectivity index is 2.94. The van der Waals surface area contributed by atoms with Crippen molar-refractivity contribution in [3.05, 3.63) is 33.9 Å². The standard InChI is InChI=1S/C11H10BrNO/c1-7-3-4-9-8(5-7)11(12)10(6-14)13(9)2/h3-6H,1-2H3. The first-order chi connectivity index (χ1) is 6.65. The molecule has 0 amide bonds. The van der Waals surface area contributed by atoms with Crippen LogP contribution in [-0.4, -0.2) is 10.9 Å². The van der Waals surface area contributed by atoms with Crippen LogP contribution in [0.15, 0.2) is 22.7 Å². The molecule has 0 bridgehead atoms. The molecule has 0 N–H and O–H groups in total. The number of rotatable bonds is 1. The summed E-state index contributed by atoms with van der Waals surface area (Å²) in [5.41, 5.74) is 2.96. The summed E-state index contributed by atoms with van der Waals surface area (Å²) in [6, 6.07) is 6.15. The lowest BCUT2D eigenvalue weighted by atomic mass is 10.2. The number of carbonyl (C=O) groups is 1. The van der Waals surface area contributed by atoms with Crippen molar-refractivity contribution in [2.75, 3.05) is 0 Å². The number of aromatic nitrogens is 1. The van der Waals surface area contributed by atoms with Gasteiger partial charge in [0.25, 0.3) is 0 Å². The second kappa shape index (κ2) is 3.24. The molecule has 0 saturated heterocycles. The fourth-order valence-electron chi connectivity index (χ4n) is 1.66. The molecule has 0 spiro atoms. The van der Waals surface area contributed by atoms with Crippen molar-refractivity contribution in [2.45, 2.75) is 6.92 Å². The maximum atomic E-state index is 10.9. The summed E-state index contributed by atoms with van der Waals surface area (Å²) >= 11 is 3.44. The first kappa shape index (κ1) is 9.46. The normalized spacial score (nSPS) is 10.8. The van der Waals surface area contributed by atoms with E-state index in [1.807, 2.05) is 30.7 Å². The van der Waals surface area contributed by atoms with Crippen LogP contribution in [0.1, 0.15) is 16.1 Å². The summed E-state index contributed by atoms with van der Waals surface area (Å²) in [6.07, 6.45) is 0.874. The molecule has 1 heterocycles. The topological polar surface area (TPSA) is 22.0 Å². The monoisotopic (exact) mass is 251 g/mol. The van der Waals surface area contributed by atoms with E-state index in [0.29, 0.717) is 5.69 Å². The molecule has 0 fully saturated rings. The van der Waals surface area contributed by atoms with Crippen molar-refractivity contribution in [2.24, 2.45) is 7.05 Å². The van der Waals surface area contributed by atoms with Crippen molar-refractivity contribution in [1.29, 1.82) is 0 Å². The van der Waals surface area contributed by atoms with E-state index in [4.69, 9.17) is 0 Å². The number of hydrogen-bond donors (Lipinski definition) is 0. The van der Waals surface area contributed by atoms with Gasteiger partial charge in [0, 0.05) is 18.0 Å². The van der Waals surface area contributed by atoms with E-state index in [-0.39, 0.29) is 0 Å². The molecule has 0 radical (unpaired) electrons. The van der Waals surface area contributed by atoms with Crippen LogP contribution < -0.4 is 0 Å². The maximum absolute atomic E-state index is 10.9. The van der Waals surface area contributed by atoms with Gasteiger partial charge in [0.1, 0.15) is 0 Å². The predicted molar refractivity (Wildman–Crippen MR) is 60.7 cm³/mol. The fraction of sp³-hybridized carbons (Fsp3) is 0.182. The average molecular weight is 252 g/mol. The van der Waals surface area contributed by atoms with Crippen molar-refractivity contribution < 1.29 is 4.79 Å². The Labute approximate surface area is 90.7 Å². The fourth-order valence-corrected chi connectivity index (χ4v) is 2.34. The molecule has 0 saturated carbocycles. The molecule has 0 aliphatic heterocycles. The zero-order chi connectivity index (χ0) is 10.3. The lowest BCUT2D eigenvalue weighted by molar-refractivity contribution is 0.111. The van der Waals surface area contributed by atoms with Gasteiger partial charge >= 0.3 is 0 Å². The van der Waals surface area contributed by atoms with E-state index in [2.05, 4.69) is 22.0 Å². The Hall–Kier alpha value is -1.09. The highest BCUT2D eigenvalue weighted by Gasteiger charge is 2.11. The number of halogens is 1. The Bertz CT molecular complexity index is 513. The third kappa shape index (κ3) is 1.20. The highest BCUT2D eigenvalue weighted by molar-refractivity contribution is 9.10. The largest absolute Gasteiger partial charge is 0.340 e. The van der Waals surface area contributed by atoms with Gasteiger partial charge in [-0.1, -0.05) is 11.6 Å². The molecular weight excluding hydrogens is 242 g/mol. The molecular formula is C11H10BrNO. The zero-order valence-electron chi connectivity index (χ0n) is 8.04. The van der Waals surface area contributed by atoms with Crippen molar-refractivity contribution in [3.8, 4) is 0 Å². The van der Waals surface area contributed by atoms with Crippen LogP contribution in [-0.2, 0) is 7.05 Å². The lowest BCUT2D eigenvalue weighted by Crippen LogP contribution is -1.93. The van der Waals surface area contributed by atoms with Gasteiger partial charge in [-0.15, -0.1) is 0 Å². The second-order valence-corrected chi connectivity index (χ2v) is 4.19. The summed E-state index contributed by atoms with van der Waals surface area (Å²) in [7, 11) is 1.90. The van der Waals surface area contributed by atoms with Gasteiger partial charge in [0.15, 0.2) is 6.29 Å². The van der Waals surface area contributed by atoms with E-state index in [1.165, 1.54) is 5.56 Å². The van der Waals surface area contributed by atoms with Crippen LogP contribution in [0.25, 0.3) is 10.9 Å². The lowest BCUT2D eigenvalue weighted by Gasteiger charge is -1.97. The van der Waals surface area contributed by atoms with Crippen molar-refractivity contribution in [3.63, 3.8) is 0 Å². The summed E-state index contributed by atoms with van der Waals surface area (Å²) < 4.78 is 2.78. The van der Waals surface area contributed by atoms with Crippen LogP contribution in [0.5, 0.6) is 0 Å². The van der Waals surface area contributed by atoms with Gasteiger partial charge in [-0.3, -0.25) is 4.79 Å². The van der Waals surface area contributed by atoms with Gasteiger partial charge in [0.2, 0.25) is 0 Å². The Kier molecular flexibility index (Phi) is 2.19. The predicted octanol–water partition coefficient (Wildman–Crippen LogP) is 3.06. The van der Waals surface area contributed by atoms with Gasteiger partial charge in [-0.05, 0) is 35.0 Å². The van der Waals surface area contributed by atoms with Crippen LogP contribution >= 0.6 is 15.9 Å². The second-order valence-electron chi connectivity index (χ2n) is 3.40. The summed E-state index contributed by atoms with van der Waals surface area (Å²) in [4.78, 5) is 10.9. The average Bonchev–Trinajstić information content (AvgIpc) is 2.39. The smallest absolute Gasteiger partial charge is 0.167 e. The molecule has 2 nitrogen and oxygen atoms in total. The number of hydrogen-bond acceptors (Lipinski definition) is 1. The molecule has 3 heteroatoms. The summed E-state index contributed by atoms with van der Waals surface area (Å²) in [5.74, 6) is 0. The molecule has 0 unspecified atom stereocenters. The number of benzene rings is 1. The van der Waals surface area contributed by atoms with Crippen molar-refractivity contribution >= 4 is 33.1 Å². The SMILES string of the molecule is Cc1ccc2c(c1)c(Br)c(C=O)n2C. The molecule has 2 aromatic rings. The number of aldehydes is 1. The van der Waals surface area contributed by atoms with E-state index >= 15 is 0 Å². The Morgan fingerprint density at radius 3 is 2.79 bits per heavy atom. The van der Waals surface area contributed by atoms with Crippen LogP contribution in [0.3, 0.4) is 0 Å². The summed E-state index contributed by atoms with van der Waals surface area (Å²) in [5, 5.41) is 1.09. The molecule has 14 heavy (non-hydrogen) atoms. The minimum Gasteiger partial charge on any atom is -0.340 e.